The summed E-state index contributed by atoms with van der Waals surface area (Å²) >= 11 is 0. The van der Waals surface area contributed by atoms with Crippen LogP contribution in [0, 0.1) is 0 Å². The zero-order valence-corrected chi connectivity index (χ0v) is 16.2. The number of benzene rings is 2. The molecule has 5 heteroatoms. The van der Waals surface area contributed by atoms with Crippen LogP contribution >= 0.6 is 0 Å². The fraction of sp³-hybridized carbons (Fsp3) is 0.391. The molecule has 0 aliphatic heterocycles. The van der Waals surface area contributed by atoms with Crippen molar-refractivity contribution in [1.82, 2.24) is 5.32 Å². The molecular formula is C23H27NO4. The minimum absolute atomic E-state index is 0.198. The summed E-state index contributed by atoms with van der Waals surface area (Å²) in [5.41, 5.74) is 1.47. The summed E-state index contributed by atoms with van der Waals surface area (Å²) in [7, 11) is 0. The minimum Gasteiger partial charge on any atom is -0.489 e. The largest absolute Gasteiger partial charge is 0.489 e. The summed E-state index contributed by atoms with van der Waals surface area (Å²) < 4.78 is 11.0. The highest BCUT2D eigenvalue weighted by molar-refractivity contribution is 5.92. The van der Waals surface area contributed by atoms with Crippen LogP contribution in [0.4, 0.5) is 0 Å². The molecule has 0 unspecified atom stereocenters. The third-order valence-corrected chi connectivity index (χ3v) is 4.94. The maximum absolute atomic E-state index is 12.3. The molecule has 1 N–H and O–H groups in total. The fourth-order valence-electron chi connectivity index (χ4n) is 3.28. The van der Waals surface area contributed by atoms with Gasteiger partial charge < -0.3 is 14.8 Å². The van der Waals surface area contributed by atoms with Gasteiger partial charge in [0, 0.05) is 6.04 Å². The van der Waals surface area contributed by atoms with E-state index in [2.05, 4.69) is 5.32 Å². The quantitative estimate of drug-likeness (QED) is 0.728. The van der Waals surface area contributed by atoms with Crippen LogP contribution in [0.2, 0.25) is 0 Å². The minimum atomic E-state index is -0.816. The molecule has 148 valence electrons. The van der Waals surface area contributed by atoms with E-state index in [0.29, 0.717) is 17.9 Å². The van der Waals surface area contributed by atoms with Crippen molar-refractivity contribution in [3.63, 3.8) is 0 Å². The molecule has 0 bridgehead atoms. The van der Waals surface area contributed by atoms with Crippen LogP contribution in [-0.2, 0) is 16.1 Å². The van der Waals surface area contributed by atoms with Gasteiger partial charge >= 0.3 is 5.97 Å². The van der Waals surface area contributed by atoms with E-state index in [-0.39, 0.29) is 11.9 Å². The second kappa shape index (κ2) is 9.93. The van der Waals surface area contributed by atoms with E-state index in [1.54, 1.807) is 31.2 Å². The van der Waals surface area contributed by atoms with Crippen molar-refractivity contribution >= 4 is 11.9 Å². The Morgan fingerprint density at radius 1 is 1.00 bits per heavy atom. The second-order valence-corrected chi connectivity index (χ2v) is 7.19. The van der Waals surface area contributed by atoms with Gasteiger partial charge in [-0.15, -0.1) is 0 Å². The lowest BCUT2D eigenvalue weighted by Gasteiger charge is -2.24. The molecule has 0 saturated heterocycles. The van der Waals surface area contributed by atoms with Crippen LogP contribution < -0.4 is 10.1 Å². The average molecular weight is 381 g/mol. The smallest absolute Gasteiger partial charge is 0.338 e. The fourth-order valence-corrected chi connectivity index (χ4v) is 3.28. The first-order valence-corrected chi connectivity index (χ1v) is 9.90. The molecule has 5 nitrogen and oxygen atoms in total. The first-order chi connectivity index (χ1) is 13.6. The van der Waals surface area contributed by atoms with Crippen molar-refractivity contribution in [3.05, 3.63) is 65.7 Å². The SMILES string of the molecule is C[C@H](OC(=O)c1ccc(OCc2ccccc2)cc1)C(=O)NC1CCCCC1. The summed E-state index contributed by atoms with van der Waals surface area (Å²) in [6.07, 6.45) is 4.68. The van der Waals surface area contributed by atoms with E-state index in [1.807, 2.05) is 30.3 Å². The predicted octanol–water partition coefficient (Wildman–Crippen LogP) is 4.26. The van der Waals surface area contributed by atoms with E-state index in [9.17, 15) is 9.59 Å². The van der Waals surface area contributed by atoms with Crippen LogP contribution in [0.1, 0.15) is 54.9 Å². The van der Waals surface area contributed by atoms with E-state index in [4.69, 9.17) is 9.47 Å². The molecule has 1 amide bonds. The number of esters is 1. The van der Waals surface area contributed by atoms with Crippen LogP contribution in [0.5, 0.6) is 5.75 Å². The van der Waals surface area contributed by atoms with Gasteiger partial charge in [-0.3, -0.25) is 4.79 Å². The van der Waals surface area contributed by atoms with Gasteiger partial charge in [-0.25, -0.2) is 4.79 Å². The summed E-state index contributed by atoms with van der Waals surface area (Å²) in [6.45, 7) is 2.07. The molecule has 0 spiro atoms. The third-order valence-electron chi connectivity index (χ3n) is 4.94. The lowest BCUT2D eigenvalue weighted by Crippen LogP contribution is -2.42. The zero-order chi connectivity index (χ0) is 19.8. The number of carbonyl (C=O) groups excluding carboxylic acids is 2. The Morgan fingerprint density at radius 2 is 1.68 bits per heavy atom. The van der Waals surface area contributed by atoms with Gasteiger partial charge in [0.1, 0.15) is 12.4 Å². The number of hydrogen-bond donors (Lipinski definition) is 1. The number of amides is 1. The molecule has 1 aliphatic rings. The summed E-state index contributed by atoms with van der Waals surface area (Å²) in [5.74, 6) is -0.0764. The first-order valence-electron chi connectivity index (χ1n) is 9.90. The standard InChI is InChI=1S/C23H27NO4/c1-17(22(25)24-20-10-6-3-7-11-20)28-23(26)19-12-14-21(15-13-19)27-16-18-8-4-2-5-9-18/h2,4-5,8-9,12-15,17,20H,3,6-7,10-11,16H2,1H3,(H,24,25)/t17-/m0/s1. The Balaban J connectivity index is 1.47. The highest BCUT2D eigenvalue weighted by Crippen LogP contribution is 2.18. The van der Waals surface area contributed by atoms with Crippen molar-refractivity contribution in [1.29, 1.82) is 0 Å². The van der Waals surface area contributed by atoms with Gasteiger partial charge in [-0.2, -0.15) is 0 Å². The molecule has 3 rings (SSSR count). The molecule has 0 radical (unpaired) electrons. The molecule has 0 aromatic heterocycles. The second-order valence-electron chi connectivity index (χ2n) is 7.19. The maximum Gasteiger partial charge on any atom is 0.338 e. The lowest BCUT2D eigenvalue weighted by molar-refractivity contribution is -0.130. The Hall–Kier alpha value is -2.82. The van der Waals surface area contributed by atoms with Gasteiger partial charge in [0.05, 0.1) is 5.56 Å². The maximum atomic E-state index is 12.3. The van der Waals surface area contributed by atoms with E-state index < -0.39 is 12.1 Å². The van der Waals surface area contributed by atoms with Gasteiger partial charge in [0.15, 0.2) is 6.10 Å². The Bertz CT molecular complexity index is 767. The van der Waals surface area contributed by atoms with Crippen LogP contribution in [-0.4, -0.2) is 24.0 Å². The van der Waals surface area contributed by atoms with Gasteiger partial charge in [0.2, 0.25) is 0 Å². The van der Waals surface area contributed by atoms with Crippen molar-refractivity contribution in [2.24, 2.45) is 0 Å². The average Bonchev–Trinajstić information content (AvgIpc) is 2.74. The van der Waals surface area contributed by atoms with Gasteiger partial charge in [-0.1, -0.05) is 49.6 Å². The number of rotatable bonds is 7. The Labute approximate surface area is 166 Å². The third kappa shape index (κ3) is 5.84. The predicted molar refractivity (Wildman–Crippen MR) is 107 cm³/mol. The normalized spacial score (nSPS) is 15.5. The van der Waals surface area contributed by atoms with Crippen molar-refractivity contribution < 1.29 is 19.1 Å². The van der Waals surface area contributed by atoms with Gasteiger partial charge in [0.25, 0.3) is 5.91 Å². The zero-order valence-electron chi connectivity index (χ0n) is 16.2. The Morgan fingerprint density at radius 3 is 2.36 bits per heavy atom. The monoisotopic (exact) mass is 381 g/mol. The molecule has 2 aromatic carbocycles. The van der Waals surface area contributed by atoms with E-state index in [1.165, 1.54) is 6.42 Å². The molecule has 2 aromatic rings. The van der Waals surface area contributed by atoms with Crippen LogP contribution in [0.3, 0.4) is 0 Å². The molecule has 1 atom stereocenters. The summed E-state index contributed by atoms with van der Waals surface area (Å²) in [5, 5.41) is 2.98. The Kier molecular flexibility index (Phi) is 7.06. The highest BCUT2D eigenvalue weighted by Gasteiger charge is 2.22. The number of hydrogen-bond acceptors (Lipinski definition) is 4. The summed E-state index contributed by atoms with van der Waals surface area (Å²) in [4.78, 5) is 24.5. The number of ether oxygens (including phenoxy) is 2. The lowest BCUT2D eigenvalue weighted by atomic mass is 9.95. The van der Waals surface area contributed by atoms with Gasteiger partial charge in [-0.05, 0) is 49.6 Å². The molecule has 1 aliphatic carbocycles. The van der Waals surface area contributed by atoms with E-state index in [0.717, 1.165) is 31.2 Å². The topological polar surface area (TPSA) is 64.6 Å². The van der Waals surface area contributed by atoms with Crippen molar-refractivity contribution in [2.75, 3.05) is 0 Å². The number of carbonyl (C=O) groups is 2. The first kappa shape index (κ1) is 19.9. The number of nitrogens with one attached hydrogen (secondary N) is 1. The summed E-state index contributed by atoms with van der Waals surface area (Å²) in [6, 6.07) is 16.8. The van der Waals surface area contributed by atoms with Crippen LogP contribution in [0.15, 0.2) is 54.6 Å². The van der Waals surface area contributed by atoms with Crippen molar-refractivity contribution in [2.45, 2.75) is 57.8 Å². The van der Waals surface area contributed by atoms with Crippen molar-refractivity contribution in [3.8, 4) is 5.75 Å². The molecular weight excluding hydrogens is 354 g/mol. The molecule has 1 fully saturated rings. The molecule has 0 heterocycles. The molecule has 1 saturated carbocycles. The highest BCUT2D eigenvalue weighted by atomic mass is 16.5. The van der Waals surface area contributed by atoms with E-state index >= 15 is 0 Å². The molecule has 28 heavy (non-hydrogen) atoms. The van der Waals surface area contributed by atoms with Crippen LogP contribution in [0.25, 0.3) is 0 Å².